The molecule has 0 N–H and O–H groups in total. The van der Waals surface area contributed by atoms with Crippen LogP contribution in [-0.2, 0) is 0 Å². The van der Waals surface area contributed by atoms with Gasteiger partial charge in [-0.2, -0.15) is 0 Å². The van der Waals surface area contributed by atoms with Gasteiger partial charge in [0.2, 0.25) is 0 Å². The van der Waals surface area contributed by atoms with Gasteiger partial charge in [-0.3, -0.25) is 4.98 Å². The predicted molar refractivity (Wildman–Crippen MR) is 95.5 cm³/mol. The molecule has 0 bridgehead atoms. The highest BCUT2D eigenvalue weighted by Crippen LogP contribution is 2.34. The molecular formula is C20H37N. The Balaban J connectivity index is 0.000000317. The quantitative estimate of drug-likeness (QED) is 0.590. The Kier molecular flexibility index (Phi) is 12.3. The zero-order valence-electron chi connectivity index (χ0n) is 15.2. The highest BCUT2D eigenvalue weighted by molar-refractivity contribution is 5.04. The van der Waals surface area contributed by atoms with Gasteiger partial charge in [0, 0.05) is 12.4 Å². The lowest BCUT2D eigenvalue weighted by Crippen LogP contribution is -1.91. The smallest absolute Gasteiger partial charge is 0.0297 e. The molecule has 1 aliphatic rings. The molecule has 0 saturated heterocycles. The average Bonchev–Trinajstić information content (AvgIpc) is 3.24. The molecular weight excluding hydrogens is 254 g/mol. The maximum Gasteiger partial charge on any atom is 0.0297 e. The summed E-state index contributed by atoms with van der Waals surface area (Å²) in [5.41, 5.74) is 1.21. The molecule has 0 spiro atoms. The molecule has 1 aromatic rings. The van der Waals surface area contributed by atoms with Crippen molar-refractivity contribution in [2.75, 3.05) is 0 Å². The number of rotatable bonds is 5. The van der Waals surface area contributed by atoms with Gasteiger partial charge in [0.1, 0.15) is 0 Å². The minimum Gasteiger partial charge on any atom is -0.264 e. The van der Waals surface area contributed by atoms with E-state index in [1.165, 1.54) is 44.1 Å². The van der Waals surface area contributed by atoms with Crippen LogP contribution in [0, 0.1) is 24.7 Å². The monoisotopic (exact) mass is 291 g/mol. The van der Waals surface area contributed by atoms with Crippen LogP contribution < -0.4 is 0 Å². The number of aromatic nitrogens is 1. The molecule has 2 rings (SSSR count). The van der Waals surface area contributed by atoms with Crippen LogP contribution in [0.1, 0.15) is 78.7 Å². The minimum atomic E-state index is 0.833. The van der Waals surface area contributed by atoms with Gasteiger partial charge in [0.25, 0.3) is 0 Å². The van der Waals surface area contributed by atoms with E-state index in [0.717, 1.165) is 17.8 Å². The zero-order chi connectivity index (χ0) is 16.1. The first-order valence-corrected chi connectivity index (χ1v) is 8.82. The van der Waals surface area contributed by atoms with Crippen molar-refractivity contribution in [3.05, 3.63) is 30.1 Å². The van der Waals surface area contributed by atoms with Gasteiger partial charge in [-0.1, -0.05) is 79.2 Å². The SMILES string of the molecule is CC(C)C.CCC(C)CCCC1CC1.Cc1cccnc1. The summed E-state index contributed by atoms with van der Waals surface area (Å²) in [5.74, 6) is 2.95. The Morgan fingerprint density at radius 3 is 2.14 bits per heavy atom. The minimum absolute atomic E-state index is 0.833. The summed E-state index contributed by atoms with van der Waals surface area (Å²) in [6.45, 7) is 13.2. The van der Waals surface area contributed by atoms with E-state index in [9.17, 15) is 0 Å². The fourth-order valence-corrected chi connectivity index (χ4v) is 1.81. The number of hydrogen-bond acceptors (Lipinski definition) is 1. The van der Waals surface area contributed by atoms with E-state index in [-0.39, 0.29) is 0 Å². The van der Waals surface area contributed by atoms with E-state index >= 15 is 0 Å². The van der Waals surface area contributed by atoms with Crippen LogP contribution in [0.4, 0.5) is 0 Å². The maximum atomic E-state index is 3.88. The fraction of sp³-hybridized carbons (Fsp3) is 0.750. The van der Waals surface area contributed by atoms with Gasteiger partial charge < -0.3 is 0 Å². The fourth-order valence-electron chi connectivity index (χ4n) is 1.81. The van der Waals surface area contributed by atoms with E-state index in [2.05, 4.69) is 39.6 Å². The molecule has 1 fully saturated rings. The molecule has 1 aromatic heterocycles. The normalized spacial score (nSPS) is 14.6. The van der Waals surface area contributed by atoms with E-state index in [0.29, 0.717) is 0 Å². The third-order valence-corrected chi connectivity index (χ3v) is 3.51. The van der Waals surface area contributed by atoms with Crippen molar-refractivity contribution in [2.24, 2.45) is 17.8 Å². The Morgan fingerprint density at radius 1 is 1.19 bits per heavy atom. The Labute approximate surface area is 133 Å². The first-order valence-electron chi connectivity index (χ1n) is 8.82. The number of nitrogens with zero attached hydrogens (tertiary/aromatic N) is 1. The summed E-state index contributed by atoms with van der Waals surface area (Å²) in [6.07, 6.45) is 12.5. The van der Waals surface area contributed by atoms with Gasteiger partial charge in [-0.25, -0.2) is 0 Å². The molecule has 21 heavy (non-hydrogen) atoms. The molecule has 1 heteroatoms. The molecule has 1 saturated carbocycles. The maximum absolute atomic E-state index is 3.88. The Hall–Kier alpha value is -0.850. The van der Waals surface area contributed by atoms with Gasteiger partial charge >= 0.3 is 0 Å². The molecule has 1 nitrogen and oxygen atoms in total. The zero-order valence-corrected chi connectivity index (χ0v) is 15.2. The molecule has 122 valence electrons. The van der Waals surface area contributed by atoms with Crippen molar-refractivity contribution in [2.45, 2.75) is 80.1 Å². The predicted octanol–water partition coefficient (Wildman–Crippen LogP) is 6.67. The van der Waals surface area contributed by atoms with Crippen LogP contribution in [0.2, 0.25) is 0 Å². The topological polar surface area (TPSA) is 12.9 Å². The highest BCUT2D eigenvalue weighted by atomic mass is 14.6. The largest absolute Gasteiger partial charge is 0.264 e. The third kappa shape index (κ3) is 17.1. The molecule has 0 radical (unpaired) electrons. The first kappa shape index (κ1) is 20.1. The lowest BCUT2D eigenvalue weighted by molar-refractivity contribution is 0.474. The van der Waals surface area contributed by atoms with Crippen LogP contribution in [0.3, 0.4) is 0 Å². The number of hydrogen-bond donors (Lipinski definition) is 0. The lowest BCUT2D eigenvalue weighted by Gasteiger charge is -2.06. The molecule has 0 amide bonds. The molecule has 1 atom stereocenters. The van der Waals surface area contributed by atoms with Crippen LogP contribution >= 0.6 is 0 Å². The molecule has 1 unspecified atom stereocenters. The molecule has 0 aromatic carbocycles. The van der Waals surface area contributed by atoms with Crippen molar-refractivity contribution in [1.29, 1.82) is 0 Å². The number of pyridine rings is 1. The highest BCUT2D eigenvalue weighted by Gasteiger charge is 2.20. The lowest BCUT2D eigenvalue weighted by atomic mass is 10.0. The van der Waals surface area contributed by atoms with Crippen molar-refractivity contribution >= 4 is 0 Å². The summed E-state index contributed by atoms with van der Waals surface area (Å²) in [4.78, 5) is 3.88. The van der Waals surface area contributed by atoms with Gasteiger partial charge in [0.15, 0.2) is 0 Å². The van der Waals surface area contributed by atoms with Crippen molar-refractivity contribution in [3.8, 4) is 0 Å². The van der Waals surface area contributed by atoms with Gasteiger partial charge in [-0.15, -0.1) is 0 Å². The van der Waals surface area contributed by atoms with Crippen LogP contribution in [0.15, 0.2) is 24.5 Å². The van der Waals surface area contributed by atoms with Crippen molar-refractivity contribution < 1.29 is 0 Å². The van der Waals surface area contributed by atoms with Crippen molar-refractivity contribution in [3.63, 3.8) is 0 Å². The summed E-state index contributed by atoms with van der Waals surface area (Å²) in [5, 5.41) is 0. The summed E-state index contributed by atoms with van der Waals surface area (Å²) in [6, 6.07) is 3.95. The number of aryl methyl sites for hydroxylation is 1. The standard InChI is InChI=1S/C10H20.C6H7N.C4H10/c1-3-9(2)5-4-6-10-7-8-10;1-6-3-2-4-7-5-6;1-4(2)3/h9-10H,3-8H2,1-2H3;2-5H,1H3;4H,1-3H3. The van der Waals surface area contributed by atoms with Crippen molar-refractivity contribution in [1.82, 2.24) is 4.98 Å². The summed E-state index contributed by atoms with van der Waals surface area (Å²) >= 11 is 0. The van der Waals surface area contributed by atoms with E-state index < -0.39 is 0 Å². The second kappa shape index (κ2) is 12.9. The van der Waals surface area contributed by atoms with Crippen LogP contribution in [0.25, 0.3) is 0 Å². The Bertz CT molecular complexity index is 311. The average molecular weight is 292 g/mol. The molecule has 1 aliphatic carbocycles. The van der Waals surface area contributed by atoms with E-state index in [4.69, 9.17) is 0 Å². The first-order chi connectivity index (χ1) is 9.95. The molecule has 1 heterocycles. The summed E-state index contributed by atoms with van der Waals surface area (Å²) < 4.78 is 0. The van der Waals surface area contributed by atoms with E-state index in [1.54, 1.807) is 6.20 Å². The van der Waals surface area contributed by atoms with Gasteiger partial charge in [-0.05, 0) is 36.3 Å². The third-order valence-electron chi connectivity index (χ3n) is 3.51. The second-order valence-electron chi connectivity index (χ2n) is 7.15. The molecule has 0 aliphatic heterocycles. The summed E-state index contributed by atoms with van der Waals surface area (Å²) in [7, 11) is 0. The second-order valence-corrected chi connectivity index (χ2v) is 7.15. The van der Waals surface area contributed by atoms with Gasteiger partial charge in [0.05, 0.1) is 0 Å². The van der Waals surface area contributed by atoms with Crippen LogP contribution in [-0.4, -0.2) is 4.98 Å². The van der Waals surface area contributed by atoms with Crippen LogP contribution in [0.5, 0.6) is 0 Å². The van der Waals surface area contributed by atoms with E-state index in [1.807, 2.05) is 25.3 Å². The Morgan fingerprint density at radius 2 is 1.81 bits per heavy atom.